The van der Waals surface area contributed by atoms with E-state index < -0.39 is 15.9 Å². The van der Waals surface area contributed by atoms with Crippen molar-refractivity contribution < 1.29 is 13.2 Å². The van der Waals surface area contributed by atoms with Gasteiger partial charge in [0.15, 0.2) is 0 Å². The highest BCUT2D eigenvalue weighted by atomic mass is 35.5. The van der Waals surface area contributed by atoms with Crippen molar-refractivity contribution in [2.75, 3.05) is 13.6 Å². The van der Waals surface area contributed by atoms with Crippen LogP contribution in [0.5, 0.6) is 0 Å². The number of rotatable bonds is 6. The van der Waals surface area contributed by atoms with Gasteiger partial charge in [-0.1, -0.05) is 41.4 Å². The first-order chi connectivity index (χ1) is 11.3. The molecule has 0 fully saturated rings. The standard InChI is InChI=1S/C16H16Cl2N2O3S/c1-19-16(21)11-20(10-12-4-2-3-5-15(12)18)24(22,23)14-8-6-13(17)7-9-14/h2-9H,10-11H2,1H3,(H,19,21). The van der Waals surface area contributed by atoms with Gasteiger partial charge < -0.3 is 5.32 Å². The van der Waals surface area contributed by atoms with Gasteiger partial charge in [-0.3, -0.25) is 4.79 Å². The maximum atomic E-state index is 12.9. The Morgan fingerprint density at radius 1 is 1.08 bits per heavy atom. The molecule has 2 aromatic carbocycles. The molecule has 0 bridgehead atoms. The van der Waals surface area contributed by atoms with E-state index in [4.69, 9.17) is 23.2 Å². The van der Waals surface area contributed by atoms with Gasteiger partial charge in [-0.05, 0) is 35.9 Å². The first-order valence-electron chi connectivity index (χ1n) is 7.04. The first kappa shape index (κ1) is 18.7. The number of hydrogen-bond acceptors (Lipinski definition) is 3. The minimum absolute atomic E-state index is 0.0158. The van der Waals surface area contributed by atoms with Crippen molar-refractivity contribution in [1.82, 2.24) is 9.62 Å². The monoisotopic (exact) mass is 386 g/mol. The van der Waals surface area contributed by atoms with E-state index in [2.05, 4.69) is 5.32 Å². The van der Waals surface area contributed by atoms with Gasteiger partial charge in [0.25, 0.3) is 0 Å². The summed E-state index contributed by atoms with van der Waals surface area (Å²) in [4.78, 5) is 11.8. The van der Waals surface area contributed by atoms with Crippen molar-refractivity contribution in [2.45, 2.75) is 11.4 Å². The van der Waals surface area contributed by atoms with Crippen LogP contribution in [0.4, 0.5) is 0 Å². The van der Waals surface area contributed by atoms with E-state index in [9.17, 15) is 13.2 Å². The van der Waals surface area contributed by atoms with E-state index in [-0.39, 0.29) is 18.0 Å². The number of likely N-dealkylation sites (N-methyl/N-ethyl adjacent to an activating group) is 1. The summed E-state index contributed by atoms with van der Waals surface area (Å²) in [6, 6.07) is 12.7. The molecule has 8 heteroatoms. The van der Waals surface area contributed by atoms with E-state index in [1.807, 2.05) is 0 Å². The summed E-state index contributed by atoms with van der Waals surface area (Å²) < 4.78 is 26.8. The SMILES string of the molecule is CNC(=O)CN(Cc1ccccc1Cl)S(=O)(=O)c1ccc(Cl)cc1. The minimum Gasteiger partial charge on any atom is -0.358 e. The van der Waals surface area contributed by atoms with Gasteiger partial charge >= 0.3 is 0 Å². The predicted molar refractivity (Wildman–Crippen MR) is 94.6 cm³/mol. The maximum Gasteiger partial charge on any atom is 0.243 e. The number of halogens is 2. The van der Waals surface area contributed by atoms with Gasteiger partial charge in [-0.2, -0.15) is 4.31 Å². The summed E-state index contributed by atoms with van der Waals surface area (Å²) in [6.45, 7) is -0.329. The van der Waals surface area contributed by atoms with Gasteiger partial charge in [0, 0.05) is 23.6 Å². The molecule has 0 aromatic heterocycles. The van der Waals surface area contributed by atoms with Crippen LogP contribution in [-0.4, -0.2) is 32.2 Å². The number of nitrogens with zero attached hydrogens (tertiary/aromatic N) is 1. The quantitative estimate of drug-likeness (QED) is 0.829. The average Bonchev–Trinajstić information content (AvgIpc) is 2.56. The number of amides is 1. The van der Waals surface area contributed by atoms with Crippen molar-refractivity contribution in [3.8, 4) is 0 Å². The maximum absolute atomic E-state index is 12.9. The second kappa shape index (κ2) is 7.98. The van der Waals surface area contributed by atoms with Crippen LogP contribution in [0.2, 0.25) is 10.0 Å². The molecule has 0 aliphatic rings. The lowest BCUT2D eigenvalue weighted by Gasteiger charge is -2.22. The molecule has 5 nitrogen and oxygen atoms in total. The summed E-state index contributed by atoms with van der Waals surface area (Å²) in [5, 5.41) is 3.29. The van der Waals surface area contributed by atoms with Crippen LogP contribution in [-0.2, 0) is 21.4 Å². The Morgan fingerprint density at radius 2 is 1.71 bits per heavy atom. The Bertz CT molecular complexity index is 823. The molecular formula is C16H16Cl2N2O3S. The molecule has 0 heterocycles. The Labute approximate surface area is 151 Å². The van der Waals surface area contributed by atoms with Crippen molar-refractivity contribution >= 4 is 39.1 Å². The fraction of sp³-hybridized carbons (Fsp3) is 0.188. The zero-order valence-corrected chi connectivity index (χ0v) is 15.2. The minimum atomic E-state index is -3.88. The summed E-state index contributed by atoms with van der Waals surface area (Å²) in [6.07, 6.45) is 0. The number of carbonyl (C=O) groups is 1. The third-order valence-corrected chi connectivity index (χ3v) is 5.78. The molecule has 24 heavy (non-hydrogen) atoms. The van der Waals surface area contributed by atoms with Crippen molar-refractivity contribution in [3.63, 3.8) is 0 Å². The fourth-order valence-electron chi connectivity index (χ4n) is 2.04. The molecular weight excluding hydrogens is 371 g/mol. The van der Waals surface area contributed by atoms with Crippen LogP contribution in [0.15, 0.2) is 53.4 Å². The van der Waals surface area contributed by atoms with Crippen molar-refractivity contribution in [3.05, 3.63) is 64.1 Å². The smallest absolute Gasteiger partial charge is 0.243 e. The third-order valence-electron chi connectivity index (χ3n) is 3.35. The lowest BCUT2D eigenvalue weighted by atomic mass is 10.2. The number of carbonyl (C=O) groups excluding carboxylic acids is 1. The molecule has 128 valence electrons. The molecule has 2 rings (SSSR count). The zero-order chi connectivity index (χ0) is 17.7. The molecule has 0 unspecified atom stereocenters. The van der Waals surface area contributed by atoms with Gasteiger partial charge in [-0.15, -0.1) is 0 Å². The number of hydrogen-bond donors (Lipinski definition) is 1. The zero-order valence-electron chi connectivity index (χ0n) is 12.9. The molecule has 0 radical (unpaired) electrons. The molecule has 0 saturated heterocycles. The fourth-order valence-corrected chi connectivity index (χ4v) is 3.73. The summed E-state index contributed by atoms with van der Waals surface area (Å²) in [5.74, 6) is -0.417. The Balaban J connectivity index is 2.39. The largest absolute Gasteiger partial charge is 0.358 e. The normalized spacial score (nSPS) is 11.5. The van der Waals surface area contributed by atoms with Crippen molar-refractivity contribution in [2.24, 2.45) is 0 Å². The Kier molecular flexibility index (Phi) is 6.23. The van der Waals surface area contributed by atoms with Crippen molar-refractivity contribution in [1.29, 1.82) is 0 Å². The lowest BCUT2D eigenvalue weighted by molar-refractivity contribution is -0.120. The summed E-state index contributed by atoms with van der Waals surface area (Å²) in [5.41, 5.74) is 0.612. The highest BCUT2D eigenvalue weighted by molar-refractivity contribution is 7.89. The predicted octanol–water partition coefficient (Wildman–Crippen LogP) is 2.93. The van der Waals surface area contributed by atoms with Crippen LogP contribution < -0.4 is 5.32 Å². The molecule has 0 aliphatic carbocycles. The van der Waals surface area contributed by atoms with E-state index >= 15 is 0 Å². The third kappa shape index (κ3) is 4.48. The van der Waals surface area contributed by atoms with Gasteiger partial charge in [0.2, 0.25) is 15.9 Å². The Hall–Kier alpha value is -1.60. The Morgan fingerprint density at radius 3 is 2.29 bits per heavy atom. The second-order valence-corrected chi connectivity index (χ2v) is 7.77. The van der Waals surface area contributed by atoms with Crippen LogP contribution in [0.1, 0.15) is 5.56 Å². The van der Waals surface area contributed by atoms with Gasteiger partial charge in [0.1, 0.15) is 0 Å². The van der Waals surface area contributed by atoms with E-state index in [0.717, 1.165) is 4.31 Å². The van der Waals surface area contributed by atoms with Gasteiger partial charge in [-0.25, -0.2) is 8.42 Å². The van der Waals surface area contributed by atoms with Crippen LogP contribution in [0, 0.1) is 0 Å². The van der Waals surface area contributed by atoms with Crippen LogP contribution >= 0.6 is 23.2 Å². The molecule has 1 N–H and O–H groups in total. The lowest BCUT2D eigenvalue weighted by Crippen LogP contribution is -2.39. The summed E-state index contributed by atoms with van der Waals surface area (Å²) in [7, 11) is -2.43. The van der Waals surface area contributed by atoms with E-state index in [1.54, 1.807) is 24.3 Å². The highest BCUT2D eigenvalue weighted by Crippen LogP contribution is 2.23. The number of sulfonamides is 1. The highest BCUT2D eigenvalue weighted by Gasteiger charge is 2.27. The summed E-state index contributed by atoms with van der Waals surface area (Å²) >= 11 is 11.9. The van der Waals surface area contributed by atoms with Gasteiger partial charge in [0.05, 0.1) is 11.4 Å². The molecule has 0 aliphatic heterocycles. The average molecular weight is 387 g/mol. The topological polar surface area (TPSA) is 66.5 Å². The number of benzene rings is 2. The second-order valence-electron chi connectivity index (χ2n) is 4.99. The molecule has 1 amide bonds. The number of nitrogens with one attached hydrogen (secondary N) is 1. The van der Waals surface area contributed by atoms with Crippen LogP contribution in [0.3, 0.4) is 0 Å². The van der Waals surface area contributed by atoms with Crippen LogP contribution in [0.25, 0.3) is 0 Å². The first-order valence-corrected chi connectivity index (χ1v) is 9.24. The molecule has 0 spiro atoms. The molecule has 0 saturated carbocycles. The van der Waals surface area contributed by atoms with E-state index in [0.29, 0.717) is 15.6 Å². The molecule has 2 aromatic rings. The van der Waals surface area contributed by atoms with E-state index in [1.165, 1.54) is 31.3 Å². The molecule has 0 atom stereocenters.